The first kappa shape index (κ1) is 24.4. The lowest BCUT2D eigenvalue weighted by Gasteiger charge is -2.44. The lowest BCUT2D eigenvalue weighted by atomic mass is 9.98. The van der Waals surface area contributed by atoms with E-state index in [0.717, 1.165) is 36.6 Å². The van der Waals surface area contributed by atoms with E-state index in [2.05, 4.69) is 36.6 Å². The van der Waals surface area contributed by atoms with Crippen molar-refractivity contribution in [1.29, 1.82) is 0 Å². The van der Waals surface area contributed by atoms with Crippen molar-refractivity contribution < 1.29 is 17.5 Å². The number of hydrogen-bond donors (Lipinski definition) is 2. The van der Waals surface area contributed by atoms with Gasteiger partial charge in [0.1, 0.15) is 23.1 Å². The van der Waals surface area contributed by atoms with Crippen LogP contribution in [0.4, 0.5) is 15.8 Å². The maximum atomic E-state index is 15.5. The van der Waals surface area contributed by atoms with E-state index in [9.17, 15) is 8.42 Å². The van der Waals surface area contributed by atoms with E-state index in [1.165, 1.54) is 25.2 Å². The second-order valence-corrected chi connectivity index (χ2v) is 11.4. The minimum atomic E-state index is -4.02. The average Bonchev–Trinajstić information content (AvgIpc) is 3.34. The van der Waals surface area contributed by atoms with Gasteiger partial charge in [0.15, 0.2) is 5.69 Å². The number of benzene rings is 3. The van der Waals surface area contributed by atoms with Crippen LogP contribution in [0.2, 0.25) is 0 Å². The summed E-state index contributed by atoms with van der Waals surface area (Å²) in [7, 11) is -0.680. The smallest absolute Gasteiger partial charge is 0.243 e. The molecule has 1 fully saturated rings. The molecule has 0 saturated carbocycles. The number of fused-ring (bicyclic) bond motifs is 4. The third-order valence-corrected chi connectivity index (χ3v) is 8.70. The maximum Gasteiger partial charge on any atom is 0.243 e. The van der Waals surface area contributed by atoms with Crippen molar-refractivity contribution in [2.75, 3.05) is 45.2 Å². The van der Waals surface area contributed by atoms with Gasteiger partial charge in [-0.2, -0.15) is 5.10 Å². The molecule has 2 aliphatic heterocycles. The van der Waals surface area contributed by atoms with Crippen molar-refractivity contribution in [3.63, 3.8) is 0 Å². The summed E-state index contributed by atoms with van der Waals surface area (Å²) in [5, 5.41) is 8.17. The lowest BCUT2D eigenvalue weighted by molar-refractivity contribution is 0.188. The van der Waals surface area contributed by atoms with Gasteiger partial charge < -0.3 is 14.5 Å². The number of nitrogens with zero attached hydrogens (tertiary/aromatic N) is 4. The number of sulfonamides is 1. The van der Waals surface area contributed by atoms with Crippen molar-refractivity contribution in [2.24, 2.45) is 0 Å². The molecule has 3 heterocycles. The molecular formula is C27H25FN6O3S. The second-order valence-electron chi connectivity index (χ2n) is 9.53. The Bertz CT molecular complexity index is 1730. The number of aromatic nitrogens is 2. The van der Waals surface area contributed by atoms with E-state index in [1.807, 2.05) is 18.2 Å². The van der Waals surface area contributed by atoms with Crippen molar-refractivity contribution in [3.8, 4) is 28.1 Å². The van der Waals surface area contributed by atoms with E-state index < -0.39 is 20.7 Å². The topological polar surface area (TPSA) is 94.9 Å². The Morgan fingerprint density at radius 3 is 2.82 bits per heavy atom. The van der Waals surface area contributed by atoms with E-state index in [1.54, 1.807) is 12.1 Å². The normalized spacial score (nSPS) is 17.5. The van der Waals surface area contributed by atoms with E-state index >= 15 is 4.39 Å². The van der Waals surface area contributed by atoms with Crippen LogP contribution in [-0.2, 0) is 10.0 Å². The molecule has 2 aliphatic rings. The zero-order valence-electron chi connectivity index (χ0n) is 20.8. The van der Waals surface area contributed by atoms with Gasteiger partial charge in [0.05, 0.1) is 29.5 Å². The highest BCUT2D eigenvalue weighted by Crippen LogP contribution is 2.42. The van der Waals surface area contributed by atoms with Crippen LogP contribution in [0.3, 0.4) is 0 Å². The van der Waals surface area contributed by atoms with E-state index in [0.29, 0.717) is 29.2 Å². The number of aromatic amines is 1. The first-order valence-corrected chi connectivity index (χ1v) is 13.6. The highest BCUT2D eigenvalue weighted by molar-refractivity contribution is 7.89. The van der Waals surface area contributed by atoms with Gasteiger partial charge in [-0.3, -0.25) is 5.10 Å². The summed E-state index contributed by atoms with van der Waals surface area (Å²) in [5.41, 5.74) is 3.61. The molecular weight excluding hydrogens is 507 g/mol. The Labute approximate surface area is 219 Å². The number of likely N-dealkylation sites (N-methyl/N-ethyl adjacent to an activating group) is 1. The third-order valence-electron chi connectivity index (χ3n) is 7.27. The standard InChI is InChI=1S/C27H25FN6O3S/c1-29-21-13-22-20(12-19(21)18-5-4-6-25(26(18)28)38(35,36)30-2)27(32-31-22)16-7-8-23-24(11-16)37-15-17-14-33(3)9-10-34(17)23/h4-8,11-13,17,30H,9-10,14-15H2,2-3H3,(H,31,32). The van der Waals surface area contributed by atoms with Crippen LogP contribution in [0, 0.1) is 12.4 Å². The molecule has 1 unspecified atom stereocenters. The fourth-order valence-corrected chi connectivity index (χ4v) is 6.11. The first-order chi connectivity index (χ1) is 18.3. The SMILES string of the molecule is [C-]#[N+]c1cc2[nH]nc(-c3ccc4c(c3)OCC3CN(C)CCN43)c2cc1-c1cccc(S(=O)(=O)NC)c1F. The van der Waals surface area contributed by atoms with Crippen molar-refractivity contribution >= 4 is 32.3 Å². The summed E-state index contributed by atoms with van der Waals surface area (Å²) in [6.45, 7) is 11.1. The first-order valence-electron chi connectivity index (χ1n) is 12.1. The fraction of sp³-hybridized carbons (Fsp3) is 0.259. The Kier molecular flexibility index (Phi) is 5.83. The van der Waals surface area contributed by atoms with Gasteiger partial charge in [0.25, 0.3) is 0 Å². The highest BCUT2D eigenvalue weighted by atomic mass is 32.2. The molecule has 3 aromatic carbocycles. The molecule has 38 heavy (non-hydrogen) atoms. The molecule has 9 nitrogen and oxygen atoms in total. The van der Waals surface area contributed by atoms with Crippen LogP contribution in [0.5, 0.6) is 5.75 Å². The van der Waals surface area contributed by atoms with Crippen molar-refractivity contribution in [2.45, 2.75) is 10.9 Å². The van der Waals surface area contributed by atoms with Crippen molar-refractivity contribution in [1.82, 2.24) is 19.8 Å². The van der Waals surface area contributed by atoms with Gasteiger partial charge in [-0.25, -0.2) is 22.4 Å². The number of anilines is 1. The minimum Gasteiger partial charge on any atom is -0.489 e. The van der Waals surface area contributed by atoms with Crippen molar-refractivity contribution in [3.05, 3.63) is 65.8 Å². The molecule has 194 valence electrons. The van der Waals surface area contributed by atoms with Gasteiger partial charge in [0.2, 0.25) is 10.0 Å². The predicted octanol–water partition coefficient (Wildman–Crippen LogP) is 4.01. The number of piperazine rings is 1. The molecule has 4 aromatic rings. The summed E-state index contributed by atoms with van der Waals surface area (Å²) in [6.07, 6.45) is 0. The second kappa shape index (κ2) is 9.09. The van der Waals surface area contributed by atoms with Crippen LogP contribution in [0.25, 0.3) is 38.1 Å². The summed E-state index contributed by atoms with van der Waals surface area (Å²) >= 11 is 0. The number of hydrogen-bond acceptors (Lipinski definition) is 6. The summed E-state index contributed by atoms with van der Waals surface area (Å²) in [5.74, 6) is -0.131. The number of halogens is 1. The van der Waals surface area contributed by atoms with E-state index in [-0.39, 0.29) is 16.8 Å². The zero-order chi connectivity index (χ0) is 26.6. The summed E-state index contributed by atoms with van der Waals surface area (Å²) in [6, 6.07) is 13.7. The van der Waals surface area contributed by atoms with Gasteiger partial charge in [-0.15, -0.1) is 0 Å². The minimum absolute atomic E-state index is 0.0243. The van der Waals surface area contributed by atoms with Crippen LogP contribution in [0.1, 0.15) is 0 Å². The number of H-pyrrole nitrogens is 1. The van der Waals surface area contributed by atoms with Crippen LogP contribution in [-0.4, -0.2) is 69.9 Å². The quantitative estimate of drug-likeness (QED) is 0.386. The molecule has 6 rings (SSSR count). The van der Waals surface area contributed by atoms with Gasteiger partial charge in [-0.1, -0.05) is 24.3 Å². The number of ether oxygens (including phenoxy) is 1. The molecule has 0 aliphatic carbocycles. The van der Waals surface area contributed by atoms with Gasteiger partial charge in [-0.05, 0) is 43.9 Å². The molecule has 1 atom stereocenters. The van der Waals surface area contributed by atoms with E-state index in [4.69, 9.17) is 11.3 Å². The average molecular weight is 533 g/mol. The summed E-state index contributed by atoms with van der Waals surface area (Å²) < 4.78 is 48.5. The van der Waals surface area contributed by atoms with Crippen LogP contribution in [0.15, 0.2) is 53.4 Å². The monoisotopic (exact) mass is 532 g/mol. The molecule has 0 spiro atoms. The van der Waals surface area contributed by atoms with Crippen LogP contribution >= 0.6 is 0 Å². The molecule has 0 amide bonds. The Morgan fingerprint density at radius 2 is 2.03 bits per heavy atom. The Hall–Kier alpha value is -3.98. The summed E-state index contributed by atoms with van der Waals surface area (Å²) in [4.78, 5) is 7.79. The van der Waals surface area contributed by atoms with Gasteiger partial charge in [0, 0.05) is 36.1 Å². The number of rotatable bonds is 4. The molecule has 11 heteroatoms. The number of nitrogens with one attached hydrogen (secondary N) is 2. The molecule has 0 bridgehead atoms. The molecule has 1 aromatic heterocycles. The largest absolute Gasteiger partial charge is 0.489 e. The predicted molar refractivity (Wildman–Crippen MR) is 144 cm³/mol. The van der Waals surface area contributed by atoms with Gasteiger partial charge >= 0.3 is 0 Å². The fourth-order valence-electron chi connectivity index (χ4n) is 5.29. The van der Waals surface area contributed by atoms with Crippen LogP contribution < -0.4 is 14.4 Å². The highest BCUT2D eigenvalue weighted by Gasteiger charge is 2.32. The third kappa shape index (κ3) is 3.89. The Morgan fingerprint density at radius 1 is 1.18 bits per heavy atom. The molecule has 1 saturated heterocycles. The lowest BCUT2D eigenvalue weighted by Crippen LogP contribution is -2.56. The zero-order valence-corrected chi connectivity index (χ0v) is 21.6. The molecule has 2 N–H and O–H groups in total. The molecule has 0 radical (unpaired) electrons. The maximum absolute atomic E-state index is 15.5. The Balaban J connectivity index is 1.46.